The van der Waals surface area contributed by atoms with Crippen LogP contribution in [0, 0.1) is 6.92 Å². The average molecular weight is 376 g/mol. The highest BCUT2D eigenvalue weighted by Gasteiger charge is 2.09. The van der Waals surface area contributed by atoms with Crippen LogP contribution in [-0.4, -0.2) is 22.0 Å². The lowest BCUT2D eigenvalue weighted by molar-refractivity contribution is 0.102. The van der Waals surface area contributed by atoms with Crippen molar-refractivity contribution in [1.82, 2.24) is 9.97 Å². The number of hydrogen-bond acceptors (Lipinski definition) is 5. The quantitative estimate of drug-likeness (QED) is 0.638. The van der Waals surface area contributed by atoms with Gasteiger partial charge in [-0.15, -0.1) is 0 Å². The fraction of sp³-hybridized carbons (Fsp3) is 0.227. The summed E-state index contributed by atoms with van der Waals surface area (Å²) in [5.41, 5.74) is 3.29. The molecule has 28 heavy (non-hydrogen) atoms. The zero-order chi connectivity index (χ0) is 19.9. The molecule has 0 aliphatic rings. The van der Waals surface area contributed by atoms with Crippen molar-refractivity contribution in [1.29, 1.82) is 0 Å². The second-order valence-corrected chi connectivity index (χ2v) is 6.77. The summed E-state index contributed by atoms with van der Waals surface area (Å²) < 4.78 is 5.59. The summed E-state index contributed by atoms with van der Waals surface area (Å²) in [7, 11) is 0. The molecular weight excluding hydrogens is 352 g/mol. The molecule has 1 heterocycles. The van der Waals surface area contributed by atoms with Gasteiger partial charge in [-0.2, -0.15) is 0 Å². The van der Waals surface area contributed by atoms with Crippen molar-refractivity contribution in [2.75, 3.05) is 10.6 Å². The van der Waals surface area contributed by atoms with E-state index in [2.05, 4.69) is 39.7 Å². The van der Waals surface area contributed by atoms with Crippen LogP contribution in [0.2, 0.25) is 0 Å². The second-order valence-electron chi connectivity index (χ2n) is 6.77. The van der Waals surface area contributed by atoms with E-state index >= 15 is 0 Å². The van der Waals surface area contributed by atoms with Crippen molar-refractivity contribution in [3.63, 3.8) is 0 Å². The number of nitrogens with zero attached hydrogens (tertiary/aromatic N) is 2. The third-order valence-corrected chi connectivity index (χ3v) is 3.92. The third-order valence-electron chi connectivity index (χ3n) is 3.92. The normalized spacial score (nSPS) is 10.6. The standard InChI is InChI=1S/C22H24N4O2/c1-15(2)28-19-9-7-18(8-10-19)26-22(27)20-13-25-21(14-23-20)24-12-17-6-4-5-16(3)11-17/h4-11,13-15H,12H2,1-3H3,(H,24,25)(H,26,27). The lowest BCUT2D eigenvalue weighted by atomic mass is 10.1. The minimum atomic E-state index is -0.310. The number of aromatic nitrogens is 2. The molecule has 3 aromatic rings. The van der Waals surface area contributed by atoms with Crippen LogP contribution in [-0.2, 0) is 6.54 Å². The first-order chi connectivity index (χ1) is 13.5. The van der Waals surface area contributed by atoms with E-state index in [9.17, 15) is 4.79 Å². The van der Waals surface area contributed by atoms with Crippen LogP contribution in [0.15, 0.2) is 60.9 Å². The molecular formula is C22H24N4O2. The summed E-state index contributed by atoms with van der Waals surface area (Å²) in [5, 5.41) is 6.01. The van der Waals surface area contributed by atoms with Crippen molar-refractivity contribution in [3.05, 3.63) is 77.7 Å². The Morgan fingerprint density at radius 3 is 2.50 bits per heavy atom. The molecule has 0 bridgehead atoms. The lowest BCUT2D eigenvalue weighted by Gasteiger charge is -2.10. The number of aryl methyl sites for hydroxylation is 1. The van der Waals surface area contributed by atoms with Crippen LogP contribution in [0.1, 0.15) is 35.5 Å². The Morgan fingerprint density at radius 2 is 1.86 bits per heavy atom. The Balaban J connectivity index is 1.56. The number of hydrogen-bond donors (Lipinski definition) is 2. The van der Waals surface area contributed by atoms with E-state index in [4.69, 9.17) is 4.74 Å². The Labute approximate surface area is 165 Å². The predicted octanol–water partition coefficient (Wildman–Crippen LogP) is 4.44. The number of carbonyl (C=O) groups excluding carboxylic acids is 1. The SMILES string of the molecule is Cc1cccc(CNc2cnc(C(=O)Nc3ccc(OC(C)C)cc3)cn2)c1. The highest BCUT2D eigenvalue weighted by Crippen LogP contribution is 2.17. The number of nitrogens with one attached hydrogen (secondary N) is 2. The second kappa shape index (κ2) is 8.99. The predicted molar refractivity (Wildman–Crippen MR) is 111 cm³/mol. The zero-order valence-electron chi connectivity index (χ0n) is 16.3. The molecule has 0 radical (unpaired) electrons. The van der Waals surface area contributed by atoms with Gasteiger partial charge in [0.15, 0.2) is 0 Å². The topological polar surface area (TPSA) is 76.1 Å². The number of rotatable bonds is 7. The van der Waals surface area contributed by atoms with Crippen LogP contribution in [0.4, 0.5) is 11.5 Å². The highest BCUT2D eigenvalue weighted by molar-refractivity contribution is 6.02. The van der Waals surface area contributed by atoms with E-state index < -0.39 is 0 Å². The summed E-state index contributed by atoms with van der Waals surface area (Å²) in [6.45, 7) is 6.63. The number of carbonyl (C=O) groups is 1. The molecule has 0 spiro atoms. The van der Waals surface area contributed by atoms with Gasteiger partial charge in [0.1, 0.15) is 17.3 Å². The minimum Gasteiger partial charge on any atom is -0.491 e. The molecule has 6 heteroatoms. The first-order valence-electron chi connectivity index (χ1n) is 9.19. The van der Waals surface area contributed by atoms with Gasteiger partial charge in [-0.3, -0.25) is 4.79 Å². The molecule has 6 nitrogen and oxygen atoms in total. The summed E-state index contributed by atoms with van der Waals surface area (Å²) in [6, 6.07) is 15.5. The maximum absolute atomic E-state index is 12.3. The Hall–Kier alpha value is -3.41. The Kier molecular flexibility index (Phi) is 6.22. The molecule has 2 aromatic carbocycles. The average Bonchev–Trinajstić information content (AvgIpc) is 2.68. The van der Waals surface area contributed by atoms with E-state index in [0.717, 1.165) is 11.3 Å². The molecule has 0 fully saturated rings. The summed E-state index contributed by atoms with van der Waals surface area (Å²) in [6.07, 6.45) is 3.13. The van der Waals surface area contributed by atoms with E-state index in [-0.39, 0.29) is 17.7 Å². The summed E-state index contributed by atoms with van der Waals surface area (Å²) in [5.74, 6) is 1.07. The molecule has 1 aromatic heterocycles. The van der Waals surface area contributed by atoms with Gasteiger partial charge in [0, 0.05) is 12.2 Å². The van der Waals surface area contributed by atoms with Gasteiger partial charge in [0.2, 0.25) is 0 Å². The van der Waals surface area contributed by atoms with E-state index in [0.29, 0.717) is 18.1 Å². The van der Waals surface area contributed by atoms with Gasteiger partial charge in [-0.25, -0.2) is 9.97 Å². The van der Waals surface area contributed by atoms with Crippen molar-refractivity contribution in [3.8, 4) is 5.75 Å². The molecule has 0 saturated heterocycles. The summed E-state index contributed by atoms with van der Waals surface area (Å²) >= 11 is 0. The molecule has 0 unspecified atom stereocenters. The molecule has 0 aliphatic carbocycles. The van der Waals surface area contributed by atoms with Gasteiger partial charge in [0.25, 0.3) is 5.91 Å². The van der Waals surface area contributed by atoms with E-state index in [1.54, 1.807) is 18.3 Å². The van der Waals surface area contributed by atoms with Crippen molar-refractivity contribution >= 4 is 17.4 Å². The van der Waals surface area contributed by atoms with Crippen molar-refractivity contribution < 1.29 is 9.53 Å². The monoisotopic (exact) mass is 376 g/mol. The Bertz CT molecular complexity index is 922. The largest absolute Gasteiger partial charge is 0.491 e. The summed E-state index contributed by atoms with van der Waals surface area (Å²) in [4.78, 5) is 20.8. The highest BCUT2D eigenvalue weighted by atomic mass is 16.5. The van der Waals surface area contributed by atoms with Gasteiger partial charge >= 0.3 is 0 Å². The fourth-order valence-corrected chi connectivity index (χ4v) is 2.64. The van der Waals surface area contributed by atoms with Gasteiger partial charge < -0.3 is 15.4 Å². The van der Waals surface area contributed by atoms with Gasteiger partial charge in [-0.1, -0.05) is 29.8 Å². The van der Waals surface area contributed by atoms with E-state index in [1.165, 1.54) is 11.8 Å². The molecule has 0 aliphatic heterocycles. The van der Waals surface area contributed by atoms with Crippen LogP contribution < -0.4 is 15.4 Å². The maximum Gasteiger partial charge on any atom is 0.275 e. The van der Waals surface area contributed by atoms with Crippen molar-refractivity contribution in [2.45, 2.75) is 33.4 Å². The molecule has 3 rings (SSSR count). The first-order valence-corrected chi connectivity index (χ1v) is 9.19. The molecule has 0 saturated carbocycles. The first kappa shape index (κ1) is 19.4. The van der Waals surface area contributed by atoms with Crippen molar-refractivity contribution in [2.24, 2.45) is 0 Å². The number of ether oxygens (including phenoxy) is 1. The minimum absolute atomic E-state index is 0.105. The van der Waals surface area contributed by atoms with Crippen LogP contribution in [0.5, 0.6) is 5.75 Å². The van der Waals surface area contributed by atoms with Gasteiger partial charge in [0.05, 0.1) is 18.5 Å². The van der Waals surface area contributed by atoms with Crippen LogP contribution in [0.25, 0.3) is 0 Å². The van der Waals surface area contributed by atoms with Crippen LogP contribution >= 0.6 is 0 Å². The third kappa shape index (κ3) is 5.54. The smallest absolute Gasteiger partial charge is 0.275 e. The molecule has 144 valence electrons. The number of anilines is 2. The lowest BCUT2D eigenvalue weighted by Crippen LogP contribution is -2.14. The zero-order valence-corrected chi connectivity index (χ0v) is 16.3. The van der Waals surface area contributed by atoms with E-state index in [1.807, 2.05) is 38.1 Å². The molecule has 0 atom stereocenters. The Morgan fingerprint density at radius 1 is 1.07 bits per heavy atom. The fourth-order valence-electron chi connectivity index (χ4n) is 2.64. The number of benzene rings is 2. The number of amides is 1. The van der Waals surface area contributed by atoms with Crippen LogP contribution in [0.3, 0.4) is 0 Å². The maximum atomic E-state index is 12.3. The molecule has 2 N–H and O–H groups in total. The molecule has 1 amide bonds. The van der Waals surface area contributed by atoms with Gasteiger partial charge in [-0.05, 0) is 50.6 Å².